The third-order valence-electron chi connectivity index (χ3n) is 5.78. The van der Waals surface area contributed by atoms with Crippen molar-refractivity contribution in [1.82, 2.24) is 14.5 Å². The summed E-state index contributed by atoms with van der Waals surface area (Å²) in [7, 11) is -3.82. The van der Waals surface area contributed by atoms with Gasteiger partial charge in [0, 0.05) is 35.8 Å². The maximum atomic E-state index is 12.9. The molecule has 0 atom stereocenters. The summed E-state index contributed by atoms with van der Waals surface area (Å²) in [6, 6.07) is 7.02. The highest BCUT2D eigenvalue weighted by Gasteiger charge is 2.26. The number of rotatable bonds is 6. The third-order valence-corrected chi connectivity index (χ3v) is 8.07. The molecule has 0 amide bonds. The first kappa shape index (κ1) is 24.4. The van der Waals surface area contributed by atoms with E-state index in [1.165, 1.54) is 12.3 Å². The van der Waals surface area contributed by atoms with Crippen LogP contribution >= 0.6 is 27.5 Å². The van der Waals surface area contributed by atoms with Crippen LogP contribution in [0, 0.1) is 5.92 Å². The van der Waals surface area contributed by atoms with Gasteiger partial charge >= 0.3 is 0 Å². The van der Waals surface area contributed by atoms with Crippen LogP contribution in [0.15, 0.2) is 39.8 Å². The van der Waals surface area contributed by atoms with E-state index in [-0.39, 0.29) is 16.2 Å². The quantitative estimate of drug-likeness (QED) is 0.408. The molecule has 0 aliphatic carbocycles. The second-order valence-electron chi connectivity index (χ2n) is 9.39. The van der Waals surface area contributed by atoms with Crippen LogP contribution in [0.4, 0.5) is 5.69 Å². The number of nitrogens with zero attached hydrogens (tertiary/aromatic N) is 3. The van der Waals surface area contributed by atoms with E-state index >= 15 is 0 Å². The summed E-state index contributed by atoms with van der Waals surface area (Å²) < 4.78 is 36.9. The zero-order valence-electron chi connectivity index (χ0n) is 18.9. The van der Waals surface area contributed by atoms with Crippen molar-refractivity contribution in [2.24, 2.45) is 5.92 Å². The number of ether oxygens (including phenoxy) is 1. The highest BCUT2D eigenvalue weighted by Crippen LogP contribution is 2.31. The van der Waals surface area contributed by atoms with Crippen LogP contribution < -0.4 is 4.72 Å². The Bertz CT molecular complexity index is 1260. The van der Waals surface area contributed by atoms with Crippen molar-refractivity contribution in [1.29, 1.82) is 0 Å². The highest BCUT2D eigenvalue weighted by molar-refractivity contribution is 9.10. The molecule has 1 aliphatic heterocycles. The van der Waals surface area contributed by atoms with Gasteiger partial charge in [-0.25, -0.2) is 13.4 Å². The molecule has 33 heavy (non-hydrogen) atoms. The molecule has 0 saturated carbocycles. The van der Waals surface area contributed by atoms with Gasteiger partial charge in [0.2, 0.25) is 0 Å². The number of hydrogen-bond donors (Lipinski definition) is 1. The van der Waals surface area contributed by atoms with Gasteiger partial charge in [-0.3, -0.25) is 9.71 Å². The standard InChI is InChI=1S/C23H28BrClN4O3S/c1-23(2,3)22-27-19-10-16(4-5-21(19)29(22)14-15-6-8-32-9-7-15)28-33(30,31)17-11-18(24)20(12-25)26-13-17/h4-5,10-11,13,15,28H,6-9,12,14H2,1-3H3. The largest absolute Gasteiger partial charge is 0.381 e. The van der Waals surface area contributed by atoms with Crippen LogP contribution in [0.2, 0.25) is 0 Å². The number of pyridine rings is 1. The number of sulfonamides is 1. The predicted molar refractivity (Wildman–Crippen MR) is 134 cm³/mol. The number of hydrogen-bond acceptors (Lipinski definition) is 5. The molecular formula is C23H28BrClN4O3S. The Hall–Kier alpha value is -1.68. The second-order valence-corrected chi connectivity index (χ2v) is 12.2. The van der Waals surface area contributed by atoms with Crippen molar-refractivity contribution in [2.75, 3.05) is 17.9 Å². The number of benzene rings is 1. The van der Waals surface area contributed by atoms with Crippen LogP contribution in [0.5, 0.6) is 0 Å². The topological polar surface area (TPSA) is 86.1 Å². The summed E-state index contributed by atoms with van der Waals surface area (Å²) in [6.45, 7) is 8.91. The molecule has 3 heterocycles. The molecule has 1 fully saturated rings. The van der Waals surface area contributed by atoms with E-state index in [0.717, 1.165) is 49.5 Å². The van der Waals surface area contributed by atoms with Crippen molar-refractivity contribution in [3.8, 4) is 0 Å². The molecular weight excluding hydrogens is 528 g/mol. The van der Waals surface area contributed by atoms with Gasteiger partial charge < -0.3 is 9.30 Å². The van der Waals surface area contributed by atoms with Crippen molar-refractivity contribution >= 4 is 54.3 Å². The molecule has 7 nitrogen and oxygen atoms in total. The highest BCUT2D eigenvalue weighted by atomic mass is 79.9. The molecule has 0 spiro atoms. The maximum absolute atomic E-state index is 12.9. The number of alkyl halides is 1. The van der Waals surface area contributed by atoms with Crippen LogP contribution in [-0.4, -0.2) is 36.2 Å². The lowest BCUT2D eigenvalue weighted by molar-refractivity contribution is 0.0611. The predicted octanol–water partition coefficient (Wildman–Crippen LogP) is 5.46. The fourth-order valence-electron chi connectivity index (χ4n) is 4.05. The molecule has 0 radical (unpaired) electrons. The van der Waals surface area contributed by atoms with Gasteiger partial charge in [0.15, 0.2) is 0 Å². The number of halogens is 2. The Morgan fingerprint density at radius 3 is 2.61 bits per heavy atom. The van der Waals surface area contributed by atoms with Crippen LogP contribution in [-0.2, 0) is 32.6 Å². The SMILES string of the molecule is CC(C)(C)c1nc2cc(NS(=O)(=O)c3cnc(CCl)c(Br)c3)ccc2n1CC1CCOCC1. The molecule has 1 aliphatic rings. The molecule has 3 aromatic rings. The summed E-state index contributed by atoms with van der Waals surface area (Å²) in [5.74, 6) is 1.73. The molecule has 178 valence electrons. The minimum atomic E-state index is -3.82. The van der Waals surface area contributed by atoms with Crippen molar-refractivity contribution < 1.29 is 13.2 Å². The third kappa shape index (κ3) is 5.37. The van der Waals surface area contributed by atoms with Gasteiger partial charge in [0.1, 0.15) is 10.7 Å². The van der Waals surface area contributed by atoms with E-state index < -0.39 is 10.0 Å². The Labute approximate surface area is 208 Å². The molecule has 1 saturated heterocycles. The van der Waals surface area contributed by atoms with Gasteiger partial charge in [-0.05, 0) is 59.0 Å². The lowest BCUT2D eigenvalue weighted by Gasteiger charge is -2.26. The zero-order valence-corrected chi connectivity index (χ0v) is 22.1. The molecule has 0 unspecified atom stereocenters. The lowest BCUT2D eigenvalue weighted by Crippen LogP contribution is -2.25. The van der Waals surface area contributed by atoms with Gasteiger partial charge in [-0.2, -0.15) is 0 Å². The van der Waals surface area contributed by atoms with E-state index in [0.29, 0.717) is 21.8 Å². The summed E-state index contributed by atoms with van der Waals surface area (Å²) in [5.41, 5.74) is 2.67. The number of nitrogens with one attached hydrogen (secondary N) is 1. The van der Waals surface area contributed by atoms with Gasteiger partial charge in [0.25, 0.3) is 10.0 Å². The van der Waals surface area contributed by atoms with Crippen LogP contribution in [0.25, 0.3) is 11.0 Å². The number of imidazole rings is 1. The van der Waals surface area contributed by atoms with Gasteiger partial charge in [-0.15, -0.1) is 11.6 Å². The first-order valence-corrected chi connectivity index (χ1v) is 13.7. The molecule has 10 heteroatoms. The molecule has 1 N–H and O–H groups in total. The summed E-state index contributed by atoms with van der Waals surface area (Å²) >= 11 is 9.15. The van der Waals surface area contributed by atoms with E-state index in [2.05, 4.69) is 51.0 Å². The maximum Gasteiger partial charge on any atom is 0.263 e. The van der Waals surface area contributed by atoms with E-state index in [9.17, 15) is 8.42 Å². The lowest BCUT2D eigenvalue weighted by atomic mass is 9.94. The normalized spacial score (nSPS) is 15.8. The van der Waals surface area contributed by atoms with E-state index in [1.54, 1.807) is 12.1 Å². The van der Waals surface area contributed by atoms with Crippen LogP contribution in [0.1, 0.15) is 45.1 Å². The first-order chi connectivity index (χ1) is 15.6. The fraction of sp³-hybridized carbons (Fsp3) is 0.478. The van der Waals surface area contributed by atoms with Crippen molar-refractivity contribution in [3.63, 3.8) is 0 Å². The second kappa shape index (κ2) is 9.52. The Morgan fingerprint density at radius 1 is 1.24 bits per heavy atom. The molecule has 2 aromatic heterocycles. The molecule has 1 aromatic carbocycles. The number of fused-ring (bicyclic) bond motifs is 1. The molecule has 4 rings (SSSR count). The average Bonchev–Trinajstić information content (AvgIpc) is 3.12. The first-order valence-electron chi connectivity index (χ1n) is 10.9. The summed E-state index contributed by atoms with van der Waals surface area (Å²) in [6.07, 6.45) is 3.38. The summed E-state index contributed by atoms with van der Waals surface area (Å²) in [5, 5.41) is 0. The van der Waals surface area contributed by atoms with Crippen LogP contribution in [0.3, 0.4) is 0 Å². The molecule has 0 bridgehead atoms. The minimum absolute atomic E-state index is 0.0590. The zero-order chi connectivity index (χ0) is 23.8. The van der Waals surface area contributed by atoms with Gasteiger partial charge in [-0.1, -0.05) is 20.8 Å². The Balaban J connectivity index is 1.67. The van der Waals surface area contributed by atoms with Gasteiger partial charge in [0.05, 0.1) is 28.3 Å². The monoisotopic (exact) mass is 554 g/mol. The van der Waals surface area contributed by atoms with Crippen molar-refractivity contribution in [2.45, 2.75) is 56.3 Å². The smallest absolute Gasteiger partial charge is 0.263 e. The fourth-order valence-corrected chi connectivity index (χ4v) is 6.08. The number of anilines is 1. The van der Waals surface area contributed by atoms with Crippen molar-refractivity contribution in [3.05, 3.63) is 46.5 Å². The van der Waals surface area contributed by atoms with E-state index in [4.69, 9.17) is 21.3 Å². The van der Waals surface area contributed by atoms with E-state index in [1.807, 2.05) is 6.07 Å². The Kier molecular flexibility index (Phi) is 7.05. The number of aromatic nitrogens is 3. The average molecular weight is 556 g/mol. The summed E-state index contributed by atoms with van der Waals surface area (Å²) in [4.78, 5) is 9.10. The minimum Gasteiger partial charge on any atom is -0.381 e. The Morgan fingerprint density at radius 2 is 1.97 bits per heavy atom.